The van der Waals surface area contributed by atoms with Crippen molar-refractivity contribution < 1.29 is 4.79 Å². The van der Waals surface area contributed by atoms with E-state index in [0.29, 0.717) is 6.17 Å². The lowest BCUT2D eigenvalue weighted by molar-refractivity contribution is -0.123. The molecule has 2 unspecified atom stereocenters. The van der Waals surface area contributed by atoms with E-state index in [2.05, 4.69) is 40.1 Å². The van der Waals surface area contributed by atoms with Gasteiger partial charge in [-0.1, -0.05) is 64.7 Å². The molecule has 2 atom stereocenters. The van der Waals surface area contributed by atoms with Gasteiger partial charge in [-0.3, -0.25) is 9.79 Å². The summed E-state index contributed by atoms with van der Waals surface area (Å²) in [5.74, 6) is 0.0974. The maximum Gasteiger partial charge on any atom is 0.228 e. The Labute approximate surface area is 198 Å². The summed E-state index contributed by atoms with van der Waals surface area (Å²) in [5.41, 5.74) is 0.992. The van der Waals surface area contributed by atoms with Crippen molar-refractivity contribution in [2.45, 2.75) is 110 Å². The van der Waals surface area contributed by atoms with Crippen molar-refractivity contribution in [1.82, 2.24) is 21.3 Å². The van der Waals surface area contributed by atoms with Crippen LogP contribution in [-0.4, -0.2) is 57.1 Å². The molecule has 0 spiro atoms. The average Bonchev–Trinajstić information content (AvgIpc) is 2.77. The summed E-state index contributed by atoms with van der Waals surface area (Å²) in [6.45, 7) is 12.0. The van der Waals surface area contributed by atoms with E-state index in [4.69, 9.17) is 0 Å². The molecule has 32 heavy (non-hydrogen) atoms. The van der Waals surface area contributed by atoms with Gasteiger partial charge in [0, 0.05) is 31.9 Å². The summed E-state index contributed by atoms with van der Waals surface area (Å²) in [5, 5.41) is 13.6. The largest absolute Gasteiger partial charge is 0.355 e. The van der Waals surface area contributed by atoms with Gasteiger partial charge in [-0.2, -0.15) is 0 Å². The Morgan fingerprint density at radius 3 is 2.28 bits per heavy atom. The predicted molar refractivity (Wildman–Crippen MR) is 139 cm³/mol. The zero-order valence-electron chi connectivity index (χ0n) is 21.4. The SMILES string of the molecule is CCCCCCCCCCCCNC(C)NCCNCCCC1C(=O)NCCCN=C1C. The van der Waals surface area contributed by atoms with Gasteiger partial charge in [0.2, 0.25) is 5.91 Å². The highest BCUT2D eigenvalue weighted by molar-refractivity contribution is 6.03. The van der Waals surface area contributed by atoms with Crippen molar-refractivity contribution in [3.8, 4) is 0 Å². The number of carbonyl (C=O) groups excluding carboxylic acids is 1. The standard InChI is InChI=1S/C26H53N5O/c1-4-5-6-7-8-9-10-11-12-13-18-29-24(3)30-22-21-27-17-14-16-25-23(2)28-19-15-20-31-26(25)32/h24-25,27,29-30H,4-22H2,1-3H3,(H,31,32). The first-order chi connectivity index (χ1) is 15.6. The maximum atomic E-state index is 12.2. The molecule has 0 aliphatic carbocycles. The number of nitrogens with one attached hydrogen (secondary N) is 4. The number of hydrogen-bond donors (Lipinski definition) is 4. The molecule has 0 bridgehead atoms. The van der Waals surface area contributed by atoms with Gasteiger partial charge in [0.05, 0.1) is 12.1 Å². The average molecular weight is 452 g/mol. The molecule has 0 saturated carbocycles. The van der Waals surface area contributed by atoms with Gasteiger partial charge in [0.1, 0.15) is 0 Å². The fraction of sp³-hybridized carbons (Fsp3) is 0.923. The first kappa shape index (κ1) is 29.1. The molecule has 6 nitrogen and oxygen atoms in total. The van der Waals surface area contributed by atoms with E-state index in [9.17, 15) is 4.79 Å². The highest BCUT2D eigenvalue weighted by atomic mass is 16.1. The normalized spacial score (nSPS) is 18.0. The van der Waals surface area contributed by atoms with Crippen LogP contribution in [0, 0.1) is 5.92 Å². The first-order valence-electron chi connectivity index (χ1n) is 13.6. The fourth-order valence-electron chi connectivity index (χ4n) is 4.25. The van der Waals surface area contributed by atoms with Crippen LogP contribution in [0.4, 0.5) is 0 Å². The number of nitrogens with zero attached hydrogens (tertiary/aromatic N) is 1. The van der Waals surface area contributed by atoms with Crippen LogP contribution in [0.2, 0.25) is 0 Å². The maximum absolute atomic E-state index is 12.2. The van der Waals surface area contributed by atoms with Gasteiger partial charge in [-0.25, -0.2) is 0 Å². The molecule has 0 radical (unpaired) electrons. The number of unbranched alkanes of at least 4 members (excludes halogenated alkanes) is 9. The van der Waals surface area contributed by atoms with E-state index < -0.39 is 0 Å². The lowest BCUT2D eigenvalue weighted by Crippen LogP contribution is -2.43. The fourth-order valence-corrected chi connectivity index (χ4v) is 4.25. The first-order valence-corrected chi connectivity index (χ1v) is 13.6. The molecule has 0 aromatic heterocycles. The third kappa shape index (κ3) is 15.8. The molecular formula is C26H53N5O. The number of carbonyl (C=O) groups is 1. The second-order valence-corrected chi connectivity index (χ2v) is 9.42. The Bertz CT molecular complexity index is 483. The second kappa shape index (κ2) is 20.6. The number of rotatable bonds is 20. The van der Waals surface area contributed by atoms with E-state index in [1.54, 1.807) is 0 Å². The molecule has 1 rings (SSSR count). The number of amides is 1. The summed E-state index contributed by atoms with van der Waals surface area (Å²) in [7, 11) is 0. The highest BCUT2D eigenvalue weighted by Gasteiger charge is 2.21. The van der Waals surface area contributed by atoms with Crippen molar-refractivity contribution in [1.29, 1.82) is 0 Å². The van der Waals surface area contributed by atoms with Crippen molar-refractivity contribution in [2.75, 3.05) is 39.3 Å². The van der Waals surface area contributed by atoms with E-state index in [0.717, 1.165) is 64.2 Å². The lowest BCUT2D eigenvalue weighted by atomic mass is 9.96. The lowest BCUT2D eigenvalue weighted by Gasteiger charge is -2.19. The van der Waals surface area contributed by atoms with Crippen LogP contribution < -0.4 is 21.3 Å². The smallest absolute Gasteiger partial charge is 0.228 e. The van der Waals surface area contributed by atoms with Crippen molar-refractivity contribution >= 4 is 11.6 Å². The molecule has 188 valence electrons. The minimum absolute atomic E-state index is 0.0507. The minimum Gasteiger partial charge on any atom is -0.355 e. The van der Waals surface area contributed by atoms with E-state index >= 15 is 0 Å². The van der Waals surface area contributed by atoms with E-state index in [-0.39, 0.29) is 11.8 Å². The van der Waals surface area contributed by atoms with Crippen LogP contribution in [-0.2, 0) is 4.79 Å². The van der Waals surface area contributed by atoms with Gasteiger partial charge < -0.3 is 21.3 Å². The van der Waals surface area contributed by atoms with E-state index in [1.807, 2.05) is 6.92 Å². The van der Waals surface area contributed by atoms with Gasteiger partial charge in [0.25, 0.3) is 0 Å². The summed E-state index contributed by atoms with van der Waals surface area (Å²) in [6, 6.07) is 0. The monoisotopic (exact) mass is 451 g/mol. The summed E-state index contributed by atoms with van der Waals surface area (Å²) >= 11 is 0. The molecule has 0 aromatic rings. The third-order valence-corrected chi connectivity index (χ3v) is 6.40. The Morgan fingerprint density at radius 1 is 0.906 bits per heavy atom. The molecular weight excluding hydrogens is 398 g/mol. The van der Waals surface area contributed by atoms with Crippen molar-refractivity contribution in [3.63, 3.8) is 0 Å². The Balaban J connectivity index is 1.88. The molecule has 0 aromatic carbocycles. The van der Waals surface area contributed by atoms with Gasteiger partial charge >= 0.3 is 0 Å². The van der Waals surface area contributed by atoms with Gasteiger partial charge in [-0.05, 0) is 52.6 Å². The molecule has 1 amide bonds. The van der Waals surface area contributed by atoms with Crippen LogP contribution >= 0.6 is 0 Å². The molecule has 1 heterocycles. The Kier molecular flexibility index (Phi) is 18.7. The second-order valence-electron chi connectivity index (χ2n) is 9.42. The van der Waals surface area contributed by atoms with Crippen LogP contribution in [0.1, 0.15) is 104 Å². The topological polar surface area (TPSA) is 77.5 Å². The summed E-state index contributed by atoms with van der Waals surface area (Å²) in [6.07, 6.45) is 17.0. The van der Waals surface area contributed by atoms with Crippen molar-refractivity contribution in [3.05, 3.63) is 0 Å². The van der Waals surface area contributed by atoms with Crippen LogP contribution in [0.3, 0.4) is 0 Å². The van der Waals surface area contributed by atoms with Crippen LogP contribution in [0.15, 0.2) is 4.99 Å². The Morgan fingerprint density at radius 2 is 1.56 bits per heavy atom. The molecule has 6 heteroatoms. The highest BCUT2D eigenvalue weighted by Crippen LogP contribution is 2.12. The number of aliphatic imine (C=N–C) groups is 1. The molecule has 1 aliphatic heterocycles. The quantitative estimate of drug-likeness (QED) is 0.163. The van der Waals surface area contributed by atoms with E-state index in [1.165, 1.54) is 64.2 Å². The Hall–Kier alpha value is -0.980. The van der Waals surface area contributed by atoms with Gasteiger partial charge in [-0.15, -0.1) is 0 Å². The molecule has 4 N–H and O–H groups in total. The molecule has 0 fully saturated rings. The molecule has 0 saturated heterocycles. The summed E-state index contributed by atoms with van der Waals surface area (Å²) in [4.78, 5) is 16.8. The van der Waals surface area contributed by atoms with Gasteiger partial charge in [0.15, 0.2) is 0 Å². The zero-order valence-corrected chi connectivity index (χ0v) is 21.4. The zero-order chi connectivity index (χ0) is 23.3. The van der Waals surface area contributed by atoms with Crippen LogP contribution in [0.5, 0.6) is 0 Å². The predicted octanol–water partition coefficient (Wildman–Crippen LogP) is 4.40. The minimum atomic E-state index is -0.0507. The number of hydrogen-bond acceptors (Lipinski definition) is 5. The van der Waals surface area contributed by atoms with Crippen LogP contribution in [0.25, 0.3) is 0 Å². The summed E-state index contributed by atoms with van der Waals surface area (Å²) < 4.78 is 0. The van der Waals surface area contributed by atoms with Crippen molar-refractivity contribution in [2.24, 2.45) is 10.9 Å². The third-order valence-electron chi connectivity index (χ3n) is 6.40. The molecule has 1 aliphatic rings.